The molecule has 7 heteroatoms. The van der Waals surface area contributed by atoms with Gasteiger partial charge in [0.2, 0.25) is 5.91 Å². The lowest BCUT2D eigenvalue weighted by atomic mass is 10.1. The van der Waals surface area contributed by atoms with Gasteiger partial charge in [-0.2, -0.15) is 11.8 Å². The normalized spacial score (nSPS) is 27.9. The largest absolute Gasteiger partial charge is 0.355 e. The third kappa shape index (κ3) is 6.01. The molecule has 2 heterocycles. The van der Waals surface area contributed by atoms with Crippen LogP contribution in [0.2, 0.25) is 0 Å². The van der Waals surface area contributed by atoms with Gasteiger partial charge in [0, 0.05) is 63.5 Å². The number of nitrogens with one attached hydrogen (secondary N) is 2. The summed E-state index contributed by atoms with van der Waals surface area (Å²) in [6.45, 7) is 8.95. The van der Waals surface area contributed by atoms with Gasteiger partial charge in [-0.05, 0) is 38.4 Å². The lowest BCUT2D eigenvalue weighted by Crippen LogP contribution is -2.52. The molecule has 2 saturated heterocycles. The first kappa shape index (κ1) is 20.8. The number of hydrogen-bond donors (Lipinski definition) is 2. The van der Waals surface area contributed by atoms with Crippen molar-refractivity contribution in [1.82, 2.24) is 20.4 Å². The van der Waals surface area contributed by atoms with E-state index >= 15 is 0 Å². The van der Waals surface area contributed by atoms with Crippen LogP contribution < -0.4 is 10.6 Å². The molecule has 0 radical (unpaired) electrons. The van der Waals surface area contributed by atoms with Crippen molar-refractivity contribution >= 4 is 23.6 Å². The summed E-state index contributed by atoms with van der Waals surface area (Å²) in [4.78, 5) is 21.4. The number of carbonyl (C=O) groups is 1. The van der Waals surface area contributed by atoms with Crippen molar-refractivity contribution in [3.8, 4) is 0 Å². The Hall–Kier alpha value is -0.950. The zero-order valence-electron chi connectivity index (χ0n) is 17.1. The van der Waals surface area contributed by atoms with Crippen molar-refractivity contribution in [3.63, 3.8) is 0 Å². The molecule has 3 fully saturated rings. The Kier molecular flexibility index (Phi) is 7.70. The molecule has 1 atom stereocenters. The zero-order valence-corrected chi connectivity index (χ0v) is 18.0. The van der Waals surface area contributed by atoms with E-state index in [1.165, 1.54) is 31.4 Å². The predicted octanol–water partition coefficient (Wildman–Crippen LogP) is 1.77. The minimum absolute atomic E-state index is 0.313. The summed E-state index contributed by atoms with van der Waals surface area (Å²) in [5.74, 6) is 2.90. The quantitative estimate of drug-likeness (QED) is 0.530. The standard InChI is InChI=1S/C20H37N5OS/c1-20(8-5-15-27-20)16-23-19(21-2)22-9-10-24-11-13-25(14-12-24)18(26)17-6-3-4-7-17/h17H,3-16H2,1-2H3,(H2,21,22,23). The molecule has 1 aliphatic carbocycles. The number of amides is 1. The van der Waals surface area contributed by atoms with Crippen molar-refractivity contribution in [3.05, 3.63) is 0 Å². The van der Waals surface area contributed by atoms with Crippen molar-refractivity contribution in [1.29, 1.82) is 0 Å². The van der Waals surface area contributed by atoms with Gasteiger partial charge in [0.25, 0.3) is 0 Å². The Morgan fingerprint density at radius 2 is 1.89 bits per heavy atom. The van der Waals surface area contributed by atoms with Crippen LogP contribution in [0.25, 0.3) is 0 Å². The second kappa shape index (κ2) is 10.0. The van der Waals surface area contributed by atoms with E-state index in [0.29, 0.717) is 16.6 Å². The Labute approximate surface area is 168 Å². The lowest BCUT2D eigenvalue weighted by Gasteiger charge is -2.36. The van der Waals surface area contributed by atoms with Crippen molar-refractivity contribution in [2.75, 3.05) is 58.6 Å². The molecule has 1 unspecified atom stereocenters. The fourth-order valence-corrected chi connectivity index (χ4v) is 5.67. The van der Waals surface area contributed by atoms with Crippen LogP contribution >= 0.6 is 11.8 Å². The highest BCUT2D eigenvalue weighted by Crippen LogP contribution is 2.36. The topological polar surface area (TPSA) is 60.0 Å². The summed E-state index contributed by atoms with van der Waals surface area (Å²) >= 11 is 2.07. The van der Waals surface area contributed by atoms with Crippen molar-refractivity contribution in [2.24, 2.45) is 10.9 Å². The highest BCUT2D eigenvalue weighted by atomic mass is 32.2. The SMILES string of the molecule is CN=C(NCCN1CCN(C(=O)C2CCCC2)CC1)NCC1(C)CCCS1. The number of rotatable bonds is 6. The van der Waals surface area contributed by atoms with Gasteiger partial charge >= 0.3 is 0 Å². The van der Waals surface area contributed by atoms with E-state index in [9.17, 15) is 4.79 Å². The molecule has 2 aliphatic heterocycles. The minimum Gasteiger partial charge on any atom is -0.355 e. The van der Waals surface area contributed by atoms with Gasteiger partial charge in [-0.15, -0.1) is 0 Å². The van der Waals surface area contributed by atoms with Crippen LogP contribution in [0.1, 0.15) is 45.4 Å². The van der Waals surface area contributed by atoms with E-state index in [0.717, 1.165) is 64.6 Å². The lowest BCUT2D eigenvalue weighted by molar-refractivity contribution is -0.137. The van der Waals surface area contributed by atoms with E-state index in [1.807, 2.05) is 7.05 Å². The molecule has 0 aromatic carbocycles. The maximum Gasteiger partial charge on any atom is 0.225 e. The van der Waals surface area contributed by atoms with Crippen LogP contribution in [0, 0.1) is 5.92 Å². The van der Waals surface area contributed by atoms with Gasteiger partial charge in [0.15, 0.2) is 5.96 Å². The predicted molar refractivity (Wildman–Crippen MR) is 114 cm³/mol. The average Bonchev–Trinajstić information content (AvgIpc) is 3.37. The van der Waals surface area contributed by atoms with Gasteiger partial charge in [0.1, 0.15) is 0 Å². The summed E-state index contributed by atoms with van der Waals surface area (Å²) < 4.78 is 0.347. The van der Waals surface area contributed by atoms with Gasteiger partial charge in [-0.1, -0.05) is 12.8 Å². The van der Waals surface area contributed by atoms with E-state index in [4.69, 9.17) is 0 Å². The van der Waals surface area contributed by atoms with E-state index < -0.39 is 0 Å². The Balaban J connectivity index is 1.30. The highest BCUT2D eigenvalue weighted by molar-refractivity contribution is 8.00. The molecule has 2 N–H and O–H groups in total. The number of hydrogen-bond acceptors (Lipinski definition) is 4. The maximum absolute atomic E-state index is 12.5. The molecule has 0 spiro atoms. The average molecular weight is 396 g/mol. The van der Waals surface area contributed by atoms with Crippen LogP contribution in [0.4, 0.5) is 0 Å². The molecule has 6 nitrogen and oxygen atoms in total. The molecule has 0 aromatic heterocycles. The third-order valence-electron chi connectivity index (χ3n) is 6.26. The molecule has 1 amide bonds. The summed E-state index contributed by atoms with van der Waals surface area (Å²) in [6, 6.07) is 0. The Morgan fingerprint density at radius 1 is 1.15 bits per heavy atom. The van der Waals surface area contributed by atoms with Crippen LogP contribution in [0.3, 0.4) is 0 Å². The van der Waals surface area contributed by atoms with Gasteiger partial charge in [-0.3, -0.25) is 14.7 Å². The third-order valence-corrected chi connectivity index (χ3v) is 7.80. The highest BCUT2D eigenvalue weighted by Gasteiger charge is 2.30. The molecule has 0 aromatic rings. The zero-order chi connectivity index (χ0) is 19.1. The molecular weight excluding hydrogens is 358 g/mol. The molecule has 0 bridgehead atoms. The van der Waals surface area contributed by atoms with Gasteiger partial charge in [0.05, 0.1) is 0 Å². The summed E-state index contributed by atoms with van der Waals surface area (Å²) in [6.07, 6.45) is 7.28. The first-order valence-electron chi connectivity index (χ1n) is 10.7. The van der Waals surface area contributed by atoms with Crippen LogP contribution in [-0.4, -0.2) is 85.0 Å². The van der Waals surface area contributed by atoms with E-state index in [-0.39, 0.29) is 0 Å². The van der Waals surface area contributed by atoms with Crippen LogP contribution in [0.5, 0.6) is 0 Å². The number of carbonyl (C=O) groups excluding carboxylic acids is 1. The molecule has 3 aliphatic rings. The second-order valence-electron chi connectivity index (χ2n) is 8.40. The number of piperazine rings is 1. The van der Waals surface area contributed by atoms with Crippen LogP contribution in [0.15, 0.2) is 4.99 Å². The maximum atomic E-state index is 12.5. The smallest absolute Gasteiger partial charge is 0.225 e. The summed E-state index contributed by atoms with van der Waals surface area (Å²) in [5.41, 5.74) is 0. The number of thioether (sulfide) groups is 1. The monoisotopic (exact) mass is 395 g/mol. The van der Waals surface area contributed by atoms with Crippen molar-refractivity contribution < 1.29 is 4.79 Å². The Bertz CT molecular complexity index is 507. The van der Waals surface area contributed by atoms with E-state index in [2.05, 4.69) is 44.1 Å². The first-order chi connectivity index (χ1) is 13.1. The first-order valence-corrected chi connectivity index (χ1v) is 11.7. The number of aliphatic imine (C=N–C) groups is 1. The molecule has 1 saturated carbocycles. The van der Waals surface area contributed by atoms with Gasteiger partial charge in [-0.25, -0.2) is 0 Å². The molecule has 3 rings (SSSR count). The molecular formula is C20H37N5OS. The Morgan fingerprint density at radius 3 is 2.52 bits per heavy atom. The molecule has 27 heavy (non-hydrogen) atoms. The minimum atomic E-state index is 0.313. The number of guanidine groups is 1. The fraction of sp³-hybridized carbons (Fsp3) is 0.900. The van der Waals surface area contributed by atoms with Crippen molar-refractivity contribution in [2.45, 2.75) is 50.2 Å². The summed E-state index contributed by atoms with van der Waals surface area (Å²) in [7, 11) is 1.84. The van der Waals surface area contributed by atoms with E-state index in [1.54, 1.807) is 0 Å². The second-order valence-corrected chi connectivity index (χ2v) is 10.1. The summed E-state index contributed by atoms with van der Waals surface area (Å²) in [5, 5.41) is 6.93. The van der Waals surface area contributed by atoms with Crippen LogP contribution in [-0.2, 0) is 4.79 Å². The fourth-order valence-electron chi connectivity index (χ4n) is 4.42. The van der Waals surface area contributed by atoms with Gasteiger partial charge < -0.3 is 15.5 Å². The molecule has 154 valence electrons. The number of nitrogens with zero attached hydrogens (tertiary/aromatic N) is 3.